The van der Waals surface area contributed by atoms with Crippen LogP contribution in [0.2, 0.25) is 0 Å². The number of ether oxygens (including phenoxy) is 2. The van der Waals surface area contributed by atoms with Crippen LogP contribution in [0.25, 0.3) is 10.9 Å². The highest BCUT2D eigenvalue weighted by molar-refractivity contribution is 5.95. The highest BCUT2D eigenvalue weighted by Gasteiger charge is 2.13. The van der Waals surface area contributed by atoms with Gasteiger partial charge >= 0.3 is 5.97 Å². The van der Waals surface area contributed by atoms with Crippen LogP contribution in [-0.2, 0) is 11.8 Å². The third-order valence-corrected chi connectivity index (χ3v) is 4.68. The molecule has 0 unspecified atom stereocenters. The van der Waals surface area contributed by atoms with Crippen molar-refractivity contribution in [1.29, 1.82) is 0 Å². The summed E-state index contributed by atoms with van der Waals surface area (Å²) >= 11 is 0. The summed E-state index contributed by atoms with van der Waals surface area (Å²) in [4.78, 5) is 11.8. The number of aromatic nitrogens is 1. The van der Waals surface area contributed by atoms with Gasteiger partial charge in [0.05, 0.1) is 13.7 Å². The lowest BCUT2D eigenvalue weighted by molar-refractivity contribution is 0.0590. The summed E-state index contributed by atoms with van der Waals surface area (Å²) in [5.74, 6) is 0.539. The van der Waals surface area contributed by atoms with Crippen molar-refractivity contribution >= 4 is 16.9 Å². The van der Waals surface area contributed by atoms with E-state index in [9.17, 15) is 4.79 Å². The Kier molecular flexibility index (Phi) is 7.83. The first kappa shape index (κ1) is 19.4. The summed E-state index contributed by atoms with van der Waals surface area (Å²) in [7, 11) is 3.27. The van der Waals surface area contributed by atoms with E-state index in [-0.39, 0.29) is 5.97 Å². The number of hydrogen-bond acceptors (Lipinski definition) is 3. The molecule has 0 saturated heterocycles. The molecule has 0 N–H and O–H groups in total. The van der Waals surface area contributed by atoms with Gasteiger partial charge in [0.25, 0.3) is 0 Å². The molecular weight excluding hydrogens is 314 g/mol. The van der Waals surface area contributed by atoms with Crippen LogP contribution in [0.5, 0.6) is 5.75 Å². The van der Waals surface area contributed by atoms with Crippen molar-refractivity contribution in [3.63, 3.8) is 0 Å². The average Bonchev–Trinajstić information content (AvgIpc) is 2.96. The zero-order valence-electron chi connectivity index (χ0n) is 15.8. The summed E-state index contributed by atoms with van der Waals surface area (Å²) in [6.07, 6.45) is 10.4. The minimum Gasteiger partial charge on any atom is -0.494 e. The highest BCUT2D eigenvalue weighted by atomic mass is 16.5. The predicted molar refractivity (Wildman–Crippen MR) is 102 cm³/mol. The Bertz CT molecular complexity index is 675. The largest absolute Gasteiger partial charge is 0.494 e. The third kappa shape index (κ3) is 5.52. The van der Waals surface area contributed by atoms with Crippen molar-refractivity contribution in [3.05, 3.63) is 30.0 Å². The van der Waals surface area contributed by atoms with E-state index in [2.05, 4.69) is 6.92 Å². The lowest BCUT2D eigenvalue weighted by Gasteiger charge is -2.07. The van der Waals surface area contributed by atoms with Gasteiger partial charge in [-0.25, -0.2) is 4.79 Å². The van der Waals surface area contributed by atoms with Gasteiger partial charge in [0.15, 0.2) is 0 Å². The van der Waals surface area contributed by atoms with Gasteiger partial charge in [-0.05, 0) is 30.7 Å². The van der Waals surface area contributed by atoms with Crippen LogP contribution < -0.4 is 4.74 Å². The summed E-state index contributed by atoms with van der Waals surface area (Å²) in [5, 5.41) is 0.997. The van der Waals surface area contributed by atoms with Crippen molar-refractivity contribution in [1.82, 2.24) is 4.57 Å². The molecule has 0 fully saturated rings. The molecule has 2 rings (SSSR count). The van der Waals surface area contributed by atoms with Gasteiger partial charge in [0.1, 0.15) is 11.4 Å². The van der Waals surface area contributed by atoms with E-state index in [0.717, 1.165) is 29.7 Å². The van der Waals surface area contributed by atoms with Gasteiger partial charge in [-0.15, -0.1) is 0 Å². The second-order valence-corrected chi connectivity index (χ2v) is 6.62. The summed E-state index contributed by atoms with van der Waals surface area (Å²) in [6.45, 7) is 3.00. The molecule has 1 aromatic carbocycles. The van der Waals surface area contributed by atoms with E-state index in [4.69, 9.17) is 9.47 Å². The minimum absolute atomic E-state index is 0.319. The van der Waals surface area contributed by atoms with Crippen LogP contribution in [0.1, 0.15) is 68.8 Å². The standard InChI is InChI=1S/C21H31NO3/c1-4-5-6-7-8-9-10-11-14-25-18-12-13-19-17(15-18)16-20(22(19)2)21(23)24-3/h12-13,15-16H,4-11,14H2,1-3H3. The molecule has 138 valence electrons. The summed E-state index contributed by atoms with van der Waals surface area (Å²) in [5.41, 5.74) is 1.55. The van der Waals surface area contributed by atoms with Crippen molar-refractivity contribution in [2.75, 3.05) is 13.7 Å². The first-order valence-corrected chi connectivity index (χ1v) is 9.48. The number of unbranched alkanes of at least 4 members (excludes halogenated alkanes) is 7. The lowest BCUT2D eigenvalue weighted by Crippen LogP contribution is -2.06. The number of fused-ring (bicyclic) bond motifs is 1. The van der Waals surface area contributed by atoms with Gasteiger partial charge in [-0.3, -0.25) is 0 Å². The lowest BCUT2D eigenvalue weighted by atomic mass is 10.1. The summed E-state index contributed by atoms with van der Waals surface area (Å²) < 4.78 is 12.5. The number of rotatable bonds is 11. The van der Waals surface area contributed by atoms with E-state index >= 15 is 0 Å². The molecule has 1 heterocycles. The number of carbonyl (C=O) groups excluding carboxylic acids is 1. The second kappa shape index (κ2) is 10.1. The Morgan fingerprint density at radius 2 is 1.68 bits per heavy atom. The third-order valence-electron chi connectivity index (χ3n) is 4.68. The molecule has 2 aromatic rings. The molecule has 0 spiro atoms. The van der Waals surface area contributed by atoms with E-state index in [1.54, 1.807) is 0 Å². The van der Waals surface area contributed by atoms with E-state index in [1.165, 1.54) is 52.1 Å². The molecule has 0 aliphatic heterocycles. The van der Waals surface area contributed by atoms with Gasteiger partial charge in [0, 0.05) is 18.0 Å². The minimum atomic E-state index is -0.319. The average molecular weight is 345 g/mol. The Morgan fingerprint density at radius 1 is 1.00 bits per heavy atom. The van der Waals surface area contributed by atoms with Crippen LogP contribution in [0.15, 0.2) is 24.3 Å². The molecule has 4 heteroatoms. The van der Waals surface area contributed by atoms with Gasteiger partial charge in [-0.2, -0.15) is 0 Å². The topological polar surface area (TPSA) is 40.5 Å². The van der Waals surface area contributed by atoms with Crippen LogP contribution in [0.3, 0.4) is 0 Å². The van der Waals surface area contributed by atoms with Crippen LogP contribution in [0.4, 0.5) is 0 Å². The molecule has 0 amide bonds. The number of esters is 1. The maximum atomic E-state index is 11.8. The smallest absolute Gasteiger partial charge is 0.354 e. The van der Waals surface area contributed by atoms with Crippen LogP contribution in [0, 0.1) is 0 Å². The van der Waals surface area contributed by atoms with Crippen LogP contribution in [-0.4, -0.2) is 24.3 Å². The molecule has 0 atom stereocenters. The number of methoxy groups -OCH3 is 1. The van der Waals surface area contributed by atoms with E-state index in [0.29, 0.717) is 5.69 Å². The second-order valence-electron chi connectivity index (χ2n) is 6.62. The highest BCUT2D eigenvalue weighted by Crippen LogP contribution is 2.24. The first-order valence-electron chi connectivity index (χ1n) is 9.48. The number of carbonyl (C=O) groups is 1. The quantitative estimate of drug-likeness (QED) is 0.400. The van der Waals surface area contributed by atoms with Gasteiger partial charge < -0.3 is 14.0 Å². The number of nitrogens with zero attached hydrogens (tertiary/aromatic N) is 1. The molecule has 0 aliphatic rings. The molecular formula is C21H31NO3. The fourth-order valence-corrected chi connectivity index (χ4v) is 3.14. The number of aryl methyl sites for hydroxylation is 1. The molecule has 1 aromatic heterocycles. The van der Waals surface area contributed by atoms with Crippen LogP contribution >= 0.6 is 0 Å². The zero-order chi connectivity index (χ0) is 18.1. The SMILES string of the molecule is CCCCCCCCCCOc1ccc2c(c1)cc(C(=O)OC)n2C. The molecule has 0 aliphatic carbocycles. The maximum absolute atomic E-state index is 11.8. The Hall–Kier alpha value is -1.97. The van der Waals surface area contributed by atoms with Gasteiger partial charge in [-0.1, -0.05) is 51.9 Å². The van der Waals surface area contributed by atoms with Crippen molar-refractivity contribution < 1.29 is 14.3 Å². The Balaban J connectivity index is 1.77. The fourth-order valence-electron chi connectivity index (χ4n) is 3.14. The summed E-state index contributed by atoms with van der Waals surface area (Å²) in [6, 6.07) is 7.80. The van der Waals surface area contributed by atoms with E-state index < -0.39 is 0 Å². The Morgan fingerprint density at radius 3 is 2.36 bits per heavy atom. The van der Waals surface area contributed by atoms with Gasteiger partial charge in [0.2, 0.25) is 0 Å². The molecule has 0 radical (unpaired) electrons. The van der Waals surface area contributed by atoms with Crippen molar-refractivity contribution in [3.8, 4) is 5.75 Å². The Labute approximate surface area is 151 Å². The zero-order valence-corrected chi connectivity index (χ0v) is 15.8. The normalized spacial score (nSPS) is 11.0. The number of benzene rings is 1. The molecule has 0 saturated carbocycles. The monoisotopic (exact) mass is 345 g/mol. The molecule has 25 heavy (non-hydrogen) atoms. The maximum Gasteiger partial charge on any atom is 0.354 e. The predicted octanol–water partition coefficient (Wildman–Crippen LogP) is 5.48. The fraction of sp³-hybridized carbons (Fsp3) is 0.571. The first-order chi connectivity index (χ1) is 12.2. The molecule has 4 nitrogen and oxygen atoms in total. The molecule has 0 bridgehead atoms. The number of hydrogen-bond donors (Lipinski definition) is 0. The van der Waals surface area contributed by atoms with E-state index in [1.807, 2.05) is 35.9 Å². The van der Waals surface area contributed by atoms with Crippen molar-refractivity contribution in [2.45, 2.75) is 58.3 Å². The van der Waals surface area contributed by atoms with Crippen molar-refractivity contribution in [2.24, 2.45) is 7.05 Å².